The first kappa shape index (κ1) is 13.4. The van der Waals surface area contributed by atoms with Crippen molar-refractivity contribution in [3.8, 4) is 0 Å². The van der Waals surface area contributed by atoms with E-state index in [1.807, 2.05) is 0 Å². The summed E-state index contributed by atoms with van der Waals surface area (Å²) in [5.41, 5.74) is -4.85. The normalized spacial score (nSPS) is 15.0. The minimum absolute atomic E-state index is 0.501. The van der Waals surface area contributed by atoms with E-state index in [9.17, 15) is 35.1 Å². The highest BCUT2D eigenvalue weighted by molar-refractivity contribution is 4.91. The molecule has 0 aliphatic rings. The predicted octanol–water partition coefficient (Wildman–Crippen LogP) is 3.11. The van der Waals surface area contributed by atoms with E-state index in [1.165, 1.54) is 0 Å². The number of alkyl halides is 8. The van der Waals surface area contributed by atoms with Gasteiger partial charge in [-0.15, -0.1) is 0 Å². The second-order valence-electron chi connectivity index (χ2n) is 2.41. The van der Waals surface area contributed by atoms with Crippen molar-refractivity contribution in [3.05, 3.63) is 0 Å². The summed E-state index contributed by atoms with van der Waals surface area (Å²) >= 11 is 0. The van der Waals surface area contributed by atoms with Crippen molar-refractivity contribution < 1.29 is 39.9 Å². The Hall–Kier alpha value is -0.600. The number of ether oxygens (including phenoxy) is 1. The molecule has 0 radical (unpaired) electrons. The van der Waals surface area contributed by atoms with Crippen LogP contribution >= 0.6 is 0 Å². The average Bonchev–Trinajstić information content (AvgIpc) is 1.79. The molecule has 9 heteroatoms. The maximum absolute atomic E-state index is 11.8. The SMILES string of the molecule is CC(OC(F)F)(C(F)(F)F)C(F)(F)F. The summed E-state index contributed by atoms with van der Waals surface area (Å²) in [6.45, 7) is -4.66. The molecular weight excluding hydrogens is 228 g/mol. The molecule has 0 heterocycles. The number of hydrogen-bond donors (Lipinski definition) is 0. The second kappa shape index (κ2) is 3.52. The highest BCUT2D eigenvalue weighted by atomic mass is 19.4. The van der Waals surface area contributed by atoms with Crippen molar-refractivity contribution in [1.82, 2.24) is 0 Å². The number of halogens is 8. The van der Waals surface area contributed by atoms with Crippen molar-refractivity contribution in [1.29, 1.82) is 0 Å². The van der Waals surface area contributed by atoms with Crippen molar-refractivity contribution in [2.24, 2.45) is 0 Å². The molecule has 0 saturated carbocycles. The number of hydrogen-bond acceptors (Lipinski definition) is 1. The van der Waals surface area contributed by atoms with Crippen LogP contribution in [0.4, 0.5) is 35.1 Å². The van der Waals surface area contributed by atoms with Gasteiger partial charge in [0.15, 0.2) is 0 Å². The molecular formula is C5H4F8O. The molecule has 0 N–H and O–H groups in total. The van der Waals surface area contributed by atoms with Crippen LogP contribution in [-0.2, 0) is 4.74 Å². The predicted molar refractivity (Wildman–Crippen MR) is 27.6 cm³/mol. The van der Waals surface area contributed by atoms with E-state index in [0.717, 1.165) is 0 Å². The van der Waals surface area contributed by atoms with Gasteiger partial charge in [0.2, 0.25) is 0 Å². The van der Waals surface area contributed by atoms with Crippen LogP contribution < -0.4 is 0 Å². The summed E-state index contributed by atoms with van der Waals surface area (Å²) in [7, 11) is 0. The first-order valence-electron chi connectivity index (χ1n) is 3.01. The van der Waals surface area contributed by atoms with Crippen LogP contribution in [-0.4, -0.2) is 24.6 Å². The van der Waals surface area contributed by atoms with E-state index in [0.29, 0.717) is 0 Å². The first-order chi connectivity index (χ1) is 5.92. The Morgan fingerprint density at radius 3 is 1.21 bits per heavy atom. The lowest BCUT2D eigenvalue weighted by Crippen LogP contribution is -2.57. The molecule has 0 unspecified atom stereocenters. The minimum atomic E-state index is -5.96. The minimum Gasteiger partial charge on any atom is -0.297 e. The molecule has 0 atom stereocenters. The zero-order chi connectivity index (χ0) is 11.8. The van der Waals surface area contributed by atoms with Gasteiger partial charge in [-0.3, -0.25) is 4.74 Å². The van der Waals surface area contributed by atoms with Gasteiger partial charge in [0.05, 0.1) is 0 Å². The Kier molecular flexibility index (Phi) is 3.37. The van der Waals surface area contributed by atoms with Gasteiger partial charge >= 0.3 is 19.0 Å². The van der Waals surface area contributed by atoms with E-state index >= 15 is 0 Å². The summed E-state index contributed by atoms with van der Waals surface area (Å²) in [6, 6.07) is 0. The molecule has 0 fully saturated rings. The molecule has 86 valence electrons. The largest absolute Gasteiger partial charge is 0.426 e. The van der Waals surface area contributed by atoms with Crippen molar-refractivity contribution in [2.75, 3.05) is 0 Å². The van der Waals surface area contributed by atoms with Gasteiger partial charge in [-0.25, -0.2) is 0 Å². The van der Waals surface area contributed by atoms with Crippen molar-refractivity contribution >= 4 is 0 Å². The van der Waals surface area contributed by atoms with Crippen LogP contribution in [0.1, 0.15) is 6.92 Å². The Labute approximate surface area is 72.6 Å². The maximum Gasteiger partial charge on any atom is 0.426 e. The van der Waals surface area contributed by atoms with Crippen molar-refractivity contribution in [2.45, 2.75) is 31.5 Å². The summed E-state index contributed by atoms with van der Waals surface area (Å²) in [6.07, 6.45) is -11.9. The summed E-state index contributed by atoms with van der Waals surface area (Å²) in [5, 5.41) is 0. The molecule has 1 nitrogen and oxygen atoms in total. The molecule has 0 aliphatic heterocycles. The van der Waals surface area contributed by atoms with Crippen LogP contribution in [0.3, 0.4) is 0 Å². The van der Waals surface area contributed by atoms with Gasteiger partial charge in [-0.05, 0) is 6.92 Å². The molecule has 0 aromatic heterocycles. The Bertz CT molecular complexity index is 177. The molecule has 0 saturated heterocycles. The van der Waals surface area contributed by atoms with Crippen LogP contribution in [0.25, 0.3) is 0 Å². The fourth-order valence-corrected chi connectivity index (χ4v) is 0.473. The molecule has 0 aromatic rings. The van der Waals surface area contributed by atoms with Gasteiger partial charge in [0.1, 0.15) is 0 Å². The first-order valence-corrected chi connectivity index (χ1v) is 3.01. The third kappa shape index (κ3) is 2.46. The Morgan fingerprint density at radius 2 is 1.14 bits per heavy atom. The van der Waals surface area contributed by atoms with Gasteiger partial charge in [-0.1, -0.05) is 0 Å². The fourth-order valence-electron chi connectivity index (χ4n) is 0.473. The topological polar surface area (TPSA) is 9.23 Å². The fraction of sp³-hybridized carbons (Fsp3) is 1.00. The van der Waals surface area contributed by atoms with Crippen LogP contribution in [0.15, 0.2) is 0 Å². The lowest BCUT2D eigenvalue weighted by Gasteiger charge is -2.33. The maximum atomic E-state index is 11.8. The Morgan fingerprint density at radius 1 is 0.857 bits per heavy atom. The average molecular weight is 232 g/mol. The van der Waals surface area contributed by atoms with Gasteiger partial charge in [-0.2, -0.15) is 35.1 Å². The zero-order valence-corrected chi connectivity index (χ0v) is 6.51. The lowest BCUT2D eigenvalue weighted by molar-refractivity contribution is -0.405. The molecule has 0 rings (SSSR count). The van der Waals surface area contributed by atoms with Gasteiger partial charge < -0.3 is 0 Å². The number of rotatable bonds is 2. The molecule has 14 heavy (non-hydrogen) atoms. The summed E-state index contributed by atoms with van der Waals surface area (Å²) < 4.78 is 96.0. The Balaban J connectivity index is 5.07. The van der Waals surface area contributed by atoms with E-state index in [1.54, 1.807) is 0 Å². The highest BCUT2D eigenvalue weighted by Gasteiger charge is 2.70. The third-order valence-corrected chi connectivity index (χ3v) is 1.41. The quantitative estimate of drug-likeness (QED) is 0.664. The molecule has 0 bridgehead atoms. The van der Waals surface area contributed by atoms with Crippen molar-refractivity contribution in [3.63, 3.8) is 0 Å². The van der Waals surface area contributed by atoms with Gasteiger partial charge in [0, 0.05) is 0 Å². The summed E-state index contributed by atoms with van der Waals surface area (Å²) in [4.78, 5) is 0. The standard InChI is InChI=1S/C5H4F8O/c1-3(4(8,9)10,5(11,12)13)14-2(6)7/h2H,1H3. The zero-order valence-electron chi connectivity index (χ0n) is 6.51. The smallest absolute Gasteiger partial charge is 0.297 e. The summed E-state index contributed by atoms with van der Waals surface area (Å²) in [5.74, 6) is 0. The monoisotopic (exact) mass is 232 g/mol. The molecule has 0 amide bonds. The molecule has 0 aliphatic carbocycles. The van der Waals surface area contributed by atoms with Crippen LogP contribution in [0.5, 0.6) is 0 Å². The molecule has 0 spiro atoms. The van der Waals surface area contributed by atoms with Crippen LogP contribution in [0, 0.1) is 0 Å². The van der Waals surface area contributed by atoms with E-state index < -0.39 is 31.5 Å². The molecule has 0 aromatic carbocycles. The van der Waals surface area contributed by atoms with E-state index in [2.05, 4.69) is 4.74 Å². The second-order valence-corrected chi connectivity index (χ2v) is 2.41. The lowest BCUT2D eigenvalue weighted by atomic mass is 10.1. The van der Waals surface area contributed by atoms with E-state index in [-0.39, 0.29) is 0 Å². The van der Waals surface area contributed by atoms with Gasteiger partial charge in [0.25, 0.3) is 5.60 Å². The highest BCUT2D eigenvalue weighted by Crippen LogP contribution is 2.46. The third-order valence-electron chi connectivity index (χ3n) is 1.41. The van der Waals surface area contributed by atoms with E-state index in [4.69, 9.17) is 0 Å². The van der Waals surface area contributed by atoms with Crippen LogP contribution in [0.2, 0.25) is 0 Å².